The quantitative estimate of drug-likeness (QED) is 0.619. The lowest BCUT2D eigenvalue weighted by molar-refractivity contribution is 0.109. The summed E-state index contributed by atoms with van der Waals surface area (Å²) in [6, 6.07) is 0. The average Bonchev–Trinajstić information content (AvgIpc) is 1.86. The Hall–Kier alpha value is 0.830. The summed E-state index contributed by atoms with van der Waals surface area (Å²) in [6.07, 6.45) is 2.98. The molecule has 0 amide bonds. The van der Waals surface area contributed by atoms with Crippen LogP contribution in [0.15, 0.2) is 0 Å². The summed E-state index contributed by atoms with van der Waals surface area (Å²) < 4.78 is -1.14. The van der Waals surface area contributed by atoms with Crippen LogP contribution in [0.1, 0.15) is 25.7 Å². The van der Waals surface area contributed by atoms with E-state index < -0.39 is 3.79 Å². The fourth-order valence-corrected chi connectivity index (χ4v) is 2.06. The summed E-state index contributed by atoms with van der Waals surface area (Å²) in [5, 5.41) is 9.16. The van der Waals surface area contributed by atoms with Crippen molar-refractivity contribution in [2.75, 3.05) is 0 Å². The molecule has 0 aromatic carbocycles. The molecule has 1 aliphatic rings. The highest BCUT2D eigenvalue weighted by atomic mass is 35.6. The molecular formula is C7H11Cl3O. The molecule has 1 fully saturated rings. The van der Waals surface area contributed by atoms with Crippen LogP contribution >= 0.6 is 34.8 Å². The molecular weight excluding hydrogens is 206 g/mol. The fraction of sp³-hybridized carbons (Fsp3) is 1.00. The van der Waals surface area contributed by atoms with Crippen molar-refractivity contribution in [3.8, 4) is 0 Å². The molecule has 0 radical (unpaired) electrons. The van der Waals surface area contributed by atoms with Crippen LogP contribution in [0.25, 0.3) is 0 Å². The smallest absolute Gasteiger partial charge is 0.193 e. The Morgan fingerprint density at radius 3 is 1.82 bits per heavy atom. The van der Waals surface area contributed by atoms with E-state index in [4.69, 9.17) is 39.9 Å². The zero-order valence-electron chi connectivity index (χ0n) is 6.06. The number of aliphatic hydroxyl groups is 1. The van der Waals surface area contributed by atoms with E-state index in [1.165, 1.54) is 0 Å². The average molecular weight is 218 g/mol. The van der Waals surface area contributed by atoms with Gasteiger partial charge < -0.3 is 5.11 Å². The summed E-state index contributed by atoms with van der Waals surface area (Å²) in [6.45, 7) is 0. The van der Waals surface area contributed by atoms with Crippen LogP contribution in [0.2, 0.25) is 0 Å². The van der Waals surface area contributed by atoms with Gasteiger partial charge in [0.1, 0.15) is 0 Å². The van der Waals surface area contributed by atoms with E-state index in [1.807, 2.05) is 0 Å². The van der Waals surface area contributed by atoms with Crippen molar-refractivity contribution in [3.05, 3.63) is 0 Å². The summed E-state index contributed by atoms with van der Waals surface area (Å²) >= 11 is 17.1. The van der Waals surface area contributed by atoms with Gasteiger partial charge in [-0.25, -0.2) is 0 Å². The van der Waals surface area contributed by atoms with E-state index in [0.29, 0.717) is 0 Å². The van der Waals surface area contributed by atoms with Crippen LogP contribution in [0.3, 0.4) is 0 Å². The Labute approximate surface area is 81.6 Å². The Kier molecular flexibility index (Phi) is 3.33. The first-order valence-electron chi connectivity index (χ1n) is 3.75. The predicted octanol–water partition coefficient (Wildman–Crippen LogP) is 2.91. The maximum absolute atomic E-state index is 9.16. The Bertz CT molecular complexity index is 124. The molecule has 1 N–H and O–H groups in total. The summed E-state index contributed by atoms with van der Waals surface area (Å²) in [5.74, 6) is 0.121. The van der Waals surface area contributed by atoms with Gasteiger partial charge in [0.2, 0.25) is 0 Å². The van der Waals surface area contributed by atoms with Crippen LogP contribution in [0, 0.1) is 5.92 Å². The highest BCUT2D eigenvalue weighted by Crippen LogP contribution is 2.42. The van der Waals surface area contributed by atoms with E-state index >= 15 is 0 Å². The second-order valence-electron chi connectivity index (χ2n) is 3.05. The van der Waals surface area contributed by atoms with Gasteiger partial charge in [-0.3, -0.25) is 0 Å². The second kappa shape index (κ2) is 3.69. The van der Waals surface area contributed by atoms with E-state index in [2.05, 4.69) is 0 Å². The normalized spacial score (nSPS) is 33.8. The number of aliphatic hydroxyl groups excluding tert-OH is 1. The van der Waals surface area contributed by atoms with Gasteiger partial charge in [-0.2, -0.15) is 0 Å². The van der Waals surface area contributed by atoms with Crippen LogP contribution in [0.5, 0.6) is 0 Å². The lowest BCUT2D eigenvalue weighted by Crippen LogP contribution is -2.27. The summed E-state index contributed by atoms with van der Waals surface area (Å²) in [4.78, 5) is 0. The number of rotatable bonds is 0. The van der Waals surface area contributed by atoms with Gasteiger partial charge in [0.25, 0.3) is 0 Å². The minimum atomic E-state index is -1.14. The fourth-order valence-electron chi connectivity index (χ4n) is 1.40. The molecule has 1 rings (SSSR count). The van der Waals surface area contributed by atoms with Crippen LogP contribution in [0.4, 0.5) is 0 Å². The first kappa shape index (κ1) is 9.91. The van der Waals surface area contributed by atoms with Crippen molar-refractivity contribution >= 4 is 34.8 Å². The standard InChI is InChI=1S/C7H11Cl3O/c8-7(9,10)5-1-3-6(11)4-2-5/h5-6,11H,1-4H2. The molecule has 0 saturated heterocycles. The third-order valence-corrected chi connectivity index (χ3v) is 3.09. The minimum absolute atomic E-state index is 0.121. The van der Waals surface area contributed by atoms with Gasteiger partial charge >= 0.3 is 0 Å². The molecule has 0 aromatic heterocycles. The van der Waals surface area contributed by atoms with Gasteiger partial charge in [-0.1, -0.05) is 34.8 Å². The Balaban J connectivity index is 2.39. The van der Waals surface area contributed by atoms with E-state index in [-0.39, 0.29) is 12.0 Å². The molecule has 0 heterocycles. The number of hydrogen-bond acceptors (Lipinski definition) is 1. The molecule has 66 valence electrons. The first-order chi connectivity index (χ1) is 5.00. The number of halogens is 3. The highest BCUT2D eigenvalue weighted by molar-refractivity contribution is 6.67. The Morgan fingerprint density at radius 1 is 1.00 bits per heavy atom. The van der Waals surface area contributed by atoms with Crippen molar-refractivity contribution < 1.29 is 5.11 Å². The molecule has 0 unspecified atom stereocenters. The molecule has 11 heavy (non-hydrogen) atoms. The van der Waals surface area contributed by atoms with Crippen molar-refractivity contribution in [2.45, 2.75) is 35.6 Å². The highest BCUT2D eigenvalue weighted by Gasteiger charge is 2.34. The first-order valence-corrected chi connectivity index (χ1v) is 4.88. The molecule has 1 saturated carbocycles. The number of alkyl halides is 3. The van der Waals surface area contributed by atoms with Crippen LogP contribution < -0.4 is 0 Å². The number of hydrogen-bond donors (Lipinski definition) is 1. The zero-order chi connectivity index (χ0) is 8.48. The molecule has 0 spiro atoms. The van der Waals surface area contributed by atoms with Gasteiger partial charge in [-0.05, 0) is 25.7 Å². The van der Waals surface area contributed by atoms with Gasteiger partial charge in [0, 0.05) is 5.92 Å². The maximum atomic E-state index is 9.16. The van der Waals surface area contributed by atoms with Crippen molar-refractivity contribution in [2.24, 2.45) is 5.92 Å². The lowest BCUT2D eigenvalue weighted by atomic mass is 9.88. The van der Waals surface area contributed by atoms with E-state index in [9.17, 15) is 0 Å². The molecule has 1 aliphatic carbocycles. The van der Waals surface area contributed by atoms with Crippen molar-refractivity contribution in [3.63, 3.8) is 0 Å². The van der Waals surface area contributed by atoms with Crippen LogP contribution in [-0.2, 0) is 0 Å². The van der Waals surface area contributed by atoms with E-state index in [1.54, 1.807) is 0 Å². The zero-order valence-corrected chi connectivity index (χ0v) is 8.33. The minimum Gasteiger partial charge on any atom is -0.393 e. The predicted molar refractivity (Wildman–Crippen MR) is 48.3 cm³/mol. The monoisotopic (exact) mass is 216 g/mol. The largest absolute Gasteiger partial charge is 0.393 e. The third kappa shape index (κ3) is 2.98. The lowest BCUT2D eigenvalue weighted by Gasteiger charge is -2.30. The molecule has 0 aromatic rings. The molecule has 0 aliphatic heterocycles. The topological polar surface area (TPSA) is 20.2 Å². The third-order valence-electron chi connectivity index (χ3n) is 2.16. The van der Waals surface area contributed by atoms with Gasteiger partial charge in [0.15, 0.2) is 3.79 Å². The van der Waals surface area contributed by atoms with Crippen LogP contribution in [-0.4, -0.2) is 15.0 Å². The SMILES string of the molecule is OC1CCC(C(Cl)(Cl)Cl)CC1. The molecule has 1 nitrogen and oxygen atoms in total. The summed E-state index contributed by atoms with van der Waals surface area (Å²) in [5.41, 5.74) is 0. The second-order valence-corrected chi connectivity index (χ2v) is 5.42. The van der Waals surface area contributed by atoms with Crippen molar-refractivity contribution in [1.29, 1.82) is 0 Å². The summed E-state index contributed by atoms with van der Waals surface area (Å²) in [7, 11) is 0. The molecule has 0 bridgehead atoms. The van der Waals surface area contributed by atoms with Gasteiger partial charge in [0.05, 0.1) is 6.10 Å². The molecule has 4 heteroatoms. The Morgan fingerprint density at radius 2 is 1.45 bits per heavy atom. The maximum Gasteiger partial charge on any atom is 0.193 e. The van der Waals surface area contributed by atoms with Crippen molar-refractivity contribution in [1.82, 2.24) is 0 Å². The van der Waals surface area contributed by atoms with E-state index in [0.717, 1.165) is 25.7 Å². The molecule has 0 atom stereocenters. The van der Waals surface area contributed by atoms with Gasteiger partial charge in [-0.15, -0.1) is 0 Å².